The molecule has 28 heavy (non-hydrogen) atoms. The molecule has 2 aliphatic rings. The minimum atomic E-state index is 0.0220. The van der Waals surface area contributed by atoms with Crippen molar-refractivity contribution in [3.8, 4) is 0 Å². The number of halogens is 1. The summed E-state index contributed by atoms with van der Waals surface area (Å²) in [5.41, 5.74) is 0. The molecule has 2 amide bonds. The fraction of sp³-hybridized carbons (Fsp3) is 0.684. The standard InChI is InChI=1S/C19H28ClN5O2S/c1-2-18(27)25-10-8-24(9-11-25)16-12-15(20)22-19(23-16)28-13-17(26)21-14-6-4-3-5-7-14/h12,14H,2-11,13H2,1H3,(H,21,26). The van der Waals surface area contributed by atoms with E-state index >= 15 is 0 Å². The first-order chi connectivity index (χ1) is 13.5. The van der Waals surface area contributed by atoms with Crippen LogP contribution < -0.4 is 10.2 Å². The highest BCUT2D eigenvalue weighted by Gasteiger charge is 2.22. The second-order valence-corrected chi connectivity index (χ2v) is 8.57. The van der Waals surface area contributed by atoms with Gasteiger partial charge in [-0.15, -0.1) is 0 Å². The van der Waals surface area contributed by atoms with Crippen LogP contribution in [0, 0.1) is 0 Å². The molecule has 2 heterocycles. The normalized spacial score (nSPS) is 18.2. The predicted octanol–water partition coefficient (Wildman–Crippen LogP) is 2.73. The van der Waals surface area contributed by atoms with Crippen LogP contribution in [0.5, 0.6) is 0 Å². The average molecular weight is 426 g/mol. The number of anilines is 1. The molecule has 0 unspecified atom stereocenters. The van der Waals surface area contributed by atoms with Gasteiger partial charge in [0.1, 0.15) is 11.0 Å². The highest BCUT2D eigenvalue weighted by molar-refractivity contribution is 7.99. The van der Waals surface area contributed by atoms with Crippen molar-refractivity contribution in [3.05, 3.63) is 11.2 Å². The van der Waals surface area contributed by atoms with Crippen LogP contribution in [0.2, 0.25) is 5.15 Å². The molecule has 1 aromatic rings. The Balaban J connectivity index is 1.53. The van der Waals surface area contributed by atoms with E-state index in [1.54, 1.807) is 6.07 Å². The van der Waals surface area contributed by atoms with Gasteiger partial charge in [0.25, 0.3) is 0 Å². The minimum absolute atomic E-state index is 0.0220. The van der Waals surface area contributed by atoms with Gasteiger partial charge in [-0.25, -0.2) is 9.97 Å². The molecule has 3 rings (SSSR count). The molecule has 1 aliphatic heterocycles. The molecular formula is C19H28ClN5O2S. The van der Waals surface area contributed by atoms with Gasteiger partial charge in [0.15, 0.2) is 5.16 Å². The smallest absolute Gasteiger partial charge is 0.230 e. The topological polar surface area (TPSA) is 78.4 Å². The van der Waals surface area contributed by atoms with Crippen LogP contribution in [0.1, 0.15) is 45.4 Å². The summed E-state index contributed by atoms with van der Waals surface area (Å²) in [6.45, 7) is 4.67. The zero-order chi connectivity index (χ0) is 19.9. The molecule has 0 spiro atoms. The molecule has 0 atom stereocenters. The number of hydrogen-bond donors (Lipinski definition) is 1. The van der Waals surface area contributed by atoms with Crippen molar-refractivity contribution in [2.24, 2.45) is 0 Å². The maximum absolute atomic E-state index is 12.2. The molecule has 0 radical (unpaired) electrons. The summed E-state index contributed by atoms with van der Waals surface area (Å²) in [5, 5.41) is 3.98. The van der Waals surface area contributed by atoms with Crippen molar-refractivity contribution in [3.63, 3.8) is 0 Å². The Morgan fingerprint density at radius 2 is 1.89 bits per heavy atom. The number of nitrogens with one attached hydrogen (secondary N) is 1. The molecular weight excluding hydrogens is 398 g/mol. The summed E-state index contributed by atoms with van der Waals surface area (Å²) < 4.78 is 0. The lowest BCUT2D eigenvalue weighted by molar-refractivity contribution is -0.131. The number of piperazine rings is 1. The Labute approximate surface area is 175 Å². The van der Waals surface area contributed by atoms with E-state index in [2.05, 4.69) is 20.2 Å². The summed E-state index contributed by atoms with van der Waals surface area (Å²) >= 11 is 7.49. The van der Waals surface area contributed by atoms with Crippen LogP contribution in [0.3, 0.4) is 0 Å². The number of carbonyl (C=O) groups excluding carboxylic acids is 2. The van der Waals surface area contributed by atoms with E-state index < -0.39 is 0 Å². The van der Waals surface area contributed by atoms with Gasteiger partial charge in [-0.05, 0) is 12.8 Å². The lowest BCUT2D eigenvalue weighted by Gasteiger charge is -2.35. The van der Waals surface area contributed by atoms with Crippen LogP contribution in [-0.2, 0) is 9.59 Å². The van der Waals surface area contributed by atoms with Gasteiger partial charge in [0.2, 0.25) is 11.8 Å². The van der Waals surface area contributed by atoms with Crippen molar-refractivity contribution in [2.45, 2.75) is 56.6 Å². The predicted molar refractivity (Wildman–Crippen MR) is 112 cm³/mol. The van der Waals surface area contributed by atoms with Crippen molar-refractivity contribution < 1.29 is 9.59 Å². The second kappa shape index (κ2) is 10.3. The Bertz CT molecular complexity index is 691. The number of aromatic nitrogens is 2. The average Bonchev–Trinajstić information content (AvgIpc) is 2.72. The third-order valence-electron chi connectivity index (χ3n) is 5.22. The zero-order valence-corrected chi connectivity index (χ0v) is 17.9. The van der Waals surface area contributed by atoms with E-state index in [1.807, 2.05) is 11.8 Å². The van der Waals surface area contributed by atoms with Crippen LogP contribution in [0.15, 0.2) is 11.2 Å². The molecule has 154 valence electrons. The number of carbonyl (C=O) groups is 2. The van der Waals surface area contributed by atoms with E-state index in [0.29, 0.717) is 49.0 Å². The number of amides is 2. The Morgan fingerprint density at radius 3 is 2.57 bits per heavy atom. The number of nitrogens with zero attached hydrogens (tertiary/aromatic N) is 4. The van der Waals surface area contributed by atoms with Gasteiger partial charge >= 0.3 is 0 Å². The van der Waals surface area contributed by atoms with Gasteiger partial charge in [0, 0.05) is 44.7 Å². The molecule has 1 saturated heterocycles. The molecule has 1 aliphatic carbocycles. The summed E-state index contributed by atoms with van der Waals surface area (Å²) in [4.78, 5) is 36.9. The lowest BCUT2D eigenvalue weighted by Crippen LogP contribution is -2.48. The third kappa shape index (κ3) is 5.98. The SMILES string of the molecule is CCC(=O)N1CCN(c2cc(Cl)nc(SCC(=O)NC3CCCCC3)n2)CC1. The van der Waals surface area contributed by atoms with E-state index in [9.17, 15) is 9.59 Å². The van der Waals surface area contributed by atoms with Crippen molar-refractivity contribution in [2.75, 3.05) is 36.8 Å². The van der Waals surface area contributed by atoms with Crippen LogP contribution in [0.4, 0.5) is 5.82 Å². The quantitative estimate of drug-likeness (QED) is 0.429. The van der Waals surface area contributed by atoms with Gasteiger partial charge in [-0.1, -0.05) is 49.5 Å². The van der Waals surface area contributed by atoms with Gasteiger partial charge in [-0.2, -0.15) is 0 Å². The molecule has 0 aromatic carbocycles. The maximum Gasteiger partial charge on any atom is 0.230 e. The number of rotatable bonds is 6. The largest absolute Gasteiger partial charge is 0.353 e. The Kier molecular flexibility index (Phi) is 7.79. The minimum Gasteiger partial charge on any atom is -0.353 e. The van der Waals surface area contributed by atoms with Crippen LogP contribution >= 0.6 is 23.4 Å². The fourth-order valence-corrected chi connectivity index (χ4v) is 4.56. The van der Waals surface area contributed by atoms with Gasteiger partial charge in [0.05, 0.1) is 5.75 Å². The zero-order valence-electron chi connectivity index (χ0n) is 16.3. The molecule has 1 N–H and O–H groups in total. The molecule has 1 aromatic heterocycles. The van der Waals surface area contributed by atoms with Crippen molar-refractivity contribution >= 4 is 41.0 Å². The third-order valence-corrected chi connectivity index (χ3v) is 6.26. The summed E-state index contributed by atoms with van der Waals surface area (Å²) in [7, 11) is 0. The van der Waals surface area contributed by atoms with E-state index in [1.165, 1.54) is 31.0 Å². The maximum atomic E-state index is 12.2. The van der Waals surface area contributed by atoms with E-state index in [4.69, 9.17) is 11.6 Å². The summed E-state index contributed by atoms with van der Waals surface area (Å²) in [6, 6.07) is 2.05. The molecule has 1 saturated carbocycles. The van der Waals surface area contributed by atoms with E-state index in [0.717, 1.165) is 18.7 Å². The number of thioether (sulfide) groups is 1. The monoisotopic (exact) mass is 425 g/mol. The van der Waals surface area contributed by atoms with Crippen molar-refractivity contribution in [1.82, 2.24) is 20.2 Å². The van der Waals surface area contributed by atoms with E-state index in [-0.39, 0.29) is 17.6 Å². The number of hydrogen-bond acceptors (Lipinski definition) is 6. The first-order valence-corrected chi connectivity index (χ1v) is 11.4. The molecule has 2 fully saturated rings. The first-order valence-electron chi connectivity index (χ1n) is 10.0. The molecule has 0 bridgehead atoms. The first kappa shape index (κ1) is 21.2. The summed E-state index contributed by atoms with van der Waals surface area (Å²) in [6.07, 6.45) is 6.32. The highest BCUT2D eigenvalue weighted by atomic mass is 35.5. The molecule has 9 heteroatoms. The van der Waals surface area contributed by atoms with Gasteiger partial charge in [-0.3, -0.25) is 9.59 Å². The molecule has 7 nitrogen and oxygen atoms in total. The fourth-order valence-electron chi connectivity index (χ4n) is 3.67. The Morgan fingerprint density at radius 1 is 1.18 bits per heavy atom. The second-order valence-electron chi connectivity index (χ2n) is 7.24. The highest BCUT2D eigenvalue weighted by Crippen LogP contribution is 2.23. The Hall–Kier alpha value is -1.54. The van der Waals surface area contributed by atoms with Crippen LogP contribution in [-0.4, -0.2) is 64.7 Å². The summed E-state index contributed by atoms with van der Waals surface area (Å²) in [5.74, 6) is 1.24. The lowest BCUT2D eigenvalue weighted by atomic mass is 9.95. The van der Waals surface area contributed by atoms with Crippen LogP contribution in [0.25, 0.3) is 0 Å². The van der Waals surface area contributed by atoms with Gasteiger partial charge < -0.3 is 15.1 Å². The van der Waals surface area contributed by atoms with Crippen molar-refractivity contribution in [1.29, 1.82) is 0 Å².